The van der Waals surface area contributed by atoms with Crippen LogP contribution in [0.4, 0.5) is 4.79 Å². The molecule has 0 aromatic heterocycles. The van der Waals surface area contributed by atoms with Crippen LogP contribution in [0.15, 0.2) is 0 Å². The van der Waals surface area contributed by atoms with Crippen LogP contribution in [-0.2, 0) is 14.2 Å². The van der Waals surface area contributed by atoms with E-state index in [1.165, 1.54) is 0 Å². The van der Waals surface area contributed by atoms with E-state index in [9.17, 15) is 9.90 Å². The first-order valence-corrected chi connectivity index (χ1v) is 7.39. The highest BCUT2D eigenvalue weighted by Crippen LogP contribution is 2.51. The third kappa shape index (κ3) is 1.94. The Morgan fingerprint density at radius 2 is 2.00 bits per heavy atom. The Balaban J connectivity index is 1.49. The third-order valence-electron chi connectivity index (χ3n) is 5.25. The summed E-state index contributed by atoms with van der Waals surface area (Å²) in [5.41, 5.74) is -0.457. The molecule has 1 N–H and O–H groups in total. The van der Waals surface area contributed by atoms with E-state index in [0.29, 0.717) is 5.92 Å². The smallest absolute Gasteiger partial charge is 0.424 e. The predicted octanol–water partition coefficient (Wildman–Crippen LogP) is 1.76. The van der Waals surface area contributed by atoms with Gasteiger partial charge in [-0.2, -0.15) is 0 Å². The second-order valence-corrected chi connectivity index (χ2v) is 6.51. The molecule has 0 radical (unpaired) electrons. The van der Waals surface area contributed by atoms with E-state index < -0.39 is 11.8 Å². The molecule has 0 aromatic carbocycles. The minimum atomic E-state index is -0.531. The topological polar surface area (TPSA) is 68.3 Å². The molecule has 106 valence electrons. The maximum atomic E-state index is 11.5. The van der Waals surface area contributed by atoms with Crippen LogP contribution in [0.1, 0.15) is 44.9 Å². The van der Waals surface area contributed by atoms with Crippen LogP contribution in [0.3, 0.4) is 0 Å². The Hall–Kier alpha value is -0.810. The van der Waals surface area contributed by atoms with E-state index in [4.69, 9.17) is 14.2 Å². The summed E-state index contributed by atoms with van der Waals surface area (Å²) < 4.78 is 16.5. The SMILES string of the molecule is O=C1OC2C3OC3CCC2(CC2CCC(O)CC2)O1. The molecule has 0 spiro atoms. The Labute approximate surface area is 112 Å². The van der Waals surface area contributed by atoms with E-state index in [0.717, 1.165) is 44.9 Å². The molecule has 4 fully saturated rings. The van der Waals surface area contributed by atoms with Crippen molar-refractivity contribution in [2.24, 2.45) is 5.92 Å². The molecule has 4 rings (SSSR count). The average Bonchev–Trinajstić information content (AvgIpc) is 3.09. The number of hydrogen-bond acceptors (Lipinski definition) is 5. The lowest BCUT2D eigenvalue weighted by molar-refractivity contribution is -0.0261. The van der Waals surface area contributed by atoms with Crippen molar-refractivity contribution in [2.75, 3.05) is 0 Å². The van der Waals surface area contributed by atoms with Crippen molar-refractivity contribution < 1.29 is 24.1 Å². The van der Waals surface area contributed by atoms with Crippen LogP contribution in [0.25, 0.3) is 0 Å². The maximum Gasteiger partial charge on any atom is 0.509 e. The van der Waals surface area contributed by atoms with Gasteiger partial charge in [0.15, 0.2) is 11.7 Å². The summed E-state index contributed by atoms with van der Waals surface area (Å²) in [7, 11) is 0. The fourth-order valence-electron chi connectivity index (χ4n) is 4.16. The molecular weight excluding hydrogens is 248 g/mol. The fraction of sp³-hybridized carbons (Fsp3) is 0.929. The normalized spacial score (nSPS) is 51.8. The lowest BCUT2D eigenvalue weighted by Crippen LogP contribution is -2.48. The maximum absolute atomic E-state index is 11.5. The molecule has 2 saturated carbocycles. The van der Waals surface area contributed by atoms with E-state index in [-0.39, 0.29) is 24.4 Å². The quantitative estimate of drug-likeness (QED) is 0.610. The van der Waals surface area contributed by atoms with E-state index in [1.807, 2.05) is 0 Å². The third-order valence-corrected chi connectivity index (χ3v) is 5.25. The standard InChI is InChI=1S/C14H20O5/c15-9-3-1-8(2-4-9)7-14-6-5-10-11(17-10)12(14)18-13(16)19-14/h8-12,15H,1-7H2. The molecule has 4 atom stereocenters. The average molecular weight is 268 g/mol. The molecule has 2 saturated heterocycles. The molecule has 2 aliphatic carbocycles. The fourth-order valence-corrected chi connectivity index (χ4v) is 4.16. The van der Waals surface area contributed by atoms with Crippen LogP contribution < -0.4 is 0 Å². The largest absolute Gasteiger partial charge is 0.509 e. The van der Waals surface area contributed by atoms with Gasteiger partial charge in [-0.1, -0.05) is 0 Å². The Kier molecular flexibility index (Phi) is 2.58. The summed E-state index contributed by atoms with van der Waals surface area (Å²) in [4.78, 5) is 11.5. The van der Waals surface area contributed by atoms with E-state index in [2.05, 4.69) is 0 Å². The first kappa shape index (κ1) is 12.0. The number of epoxide rings is 1. The number of aliphatic hydroxyl groups is 1. The van der Waals surface area contributed by atoms with Gasteiger partial charge in [-0.15, -0.1) is 0 Å². The molecule has 5 nitrogen and oxygen atoms in total. The number of fused-ring (bicyclic) bond motifs is 3. The van der Waals surface area contributed by atoms with Gasteiger partial charge in [0.05, 0.1) is 12.2 Å². The zero-order valence-electron chi connectivity index (χ0n) is 10.9. The van der Waals surface area contributed by atoms with Crippen LogP contribution in [0, 0.1) is 5.92 Å². The molecule has 0 aromatic rings. The molecule has 0 bridgehead atoms. The molecule has 4 aliphatic rings. The highest BCUT2D eigenvalue weighted by atomic mass is 16.8. The lowest BCUT2D eigenvalue weighted by Gasteiger charge is -2.37. The zero-order chi connectivity index (χ0) is 13.0. The molecule has 4 unspecified atom stereocenters. The predicted molar refractivity (Wildman–Crippen MR) is 64.6 cm³/mol. The van der Waals surface area contributed by atoms with Gasteiger partial charge in [0, 0.05) is 0 Å². The van der Waals surface area contributed by atoms with Gasteiger partial charge in [0.1, 0.15) is 6.10 Å². The van der Waals surface area contributed by atoms with Gasteiger partial charge in [-0.05, 0) is 50.9 Å². The number of hydrogen-bond donors (Lipinski definition) is 1. The molecule has 19 heavy (non-hydrogen) atoms. The number of rotatable bonds is 2. The van der Waals surface area contributed by atoms with Crippen molar-refractivity contribution in [3.05, 3.63) is 0 Å². The molecule has 2 heterocycles. The summed E-state index contributed by atoms with van der Waals surface area (Å²) >= 11 is 0. The van der Waals surface area contributed by atoms with Gasteiger partial charge < -0.3 is 19.3 Å². The summed E-state index contributed by atoms with van der Waals surface area (Å²) in [6.45, 7) is 0. The molecule has 2 aliphatic heterocycles. The second kappa shape index (κ2) is 4.09. The first-order chi connectivity index (χ1) is 9.16. The van der Waals surface area contributed by atoms with Gasteiger partial charge >= 0.3 is 6.16 Å². The summed E-state index contributed by atoms with van der Waals surface area (Å²) in [6, 6.07) is 0. The first-order valence-electron chi connectivity index (χ1n) is 7.39. The number of aliphatic hydroxyl groups excluding tert-OH is 1. The molecular formula is C14H20O5. The molecule has 0 amide bonds. The van der Waals surface area contributed by atoms with Gasteiger partial charge in [-0.25, -0.2) is 4.79 Å². The number of carbonyl (C=O) groups excluding carboxylic acids is 1. The van der Waals surface area contributed by atoms with Crippen LogP contribution in [0.5, 0.6) is 0 Å². The van der Waals surface area contributed by atoms with Crippen molar-refractivity contribution in [1.82, 2.24) is 0 Å². The number of ether oxygens (including phenoxy) is 3. The van der Waals surface area contributed by atoms with Crippen LogP contribution in [-0.4, -0.2) is 41.3 Å². The lowest BCUT2D eigenvalue weighted by atomic mass is 9.73. The van der Waals surface area contributed by atoms with Crippen LogP contribution >= 0.6 is 0 Å². The van der Waals surface area contributed by atoms with E-state index in [1.54, 1.807) is 0 Å². The van der Waals surface area contributed by atoms with Crippen molar-refractivity contribution in [1.29, 1.82) is 0 Å². The summed E-state index contributed by atoms with van der Waals surface area (Å²) in [5.74, 6) is 0.524. The monoisotopic (exact) mass is 268 g/mol. The molecule has 5 heteroatoms. The minimum absolute atomic E-state index is 0.0642. The van der Waals surface area contributed by atoms with Crippen molar-refractivity contribution in [3.8, 4) is 0 Å². The second-order valence-electron chi connectivity index (χ2n) is 6.51. The van der Waals surface area contributed by atoms with Gasteiger partial charge in [0.25, 0.3) is 0 Å². The highest BCUT2D eigenvalue weighted by Gasteiger charge is 2.66. The van der Waals surface area contributed by atoms with Crippen molar-refractivity contribution in [3.63, 3.8) is 0 Å². The Morgan fingerprint density at radius 1 is 1.21 bits per heavy atom. The summed E-state index contributed by atoms with van der Waals surface area (Å²) in [5, 5.41) is 9.58. The summed E-state index contributed by atoms with van der Waals surface area (Å²) in [6.07, 6.45) is 5.90. The van der Waals surface area contributed by atoms with E-state index >= 15 is 0 Å². The van der Waals surface area contributed by atoms with Gasteiger partial charge in [0.2, 0.25) is 0 Å². The van der Waals surface area contributed by atoms with Crippen molar-refractivity contribution in [2.45, 2.75) is 75.0 Å². The van der Waals surface area contributed by atoms with Gasteiger partial charge in [-0.3, -0.25) is 0 Å². The minimum Gasteiger partial charge on any atom is -0.424 e. The number of carbonyl (C=O) groups is 1. The Morgan fingerprint density at radius 3 is 2.79 bits per heavy atom. The van der Waals surface area contributed by atoms with Crippen molar-refractivity contribution >= 4 is 6.16 Å². The highest BCUT2D eigenvalue weighted by molar-refractivity contribution is 5.64. The Bertz CT molecular complexity index is 389. The van der Waals surface area contributed by atoms with Crippen LogP contribution in [0.2, 0.25) is 0 Å². The zero-order valence-corrected chi connectivity index (χ0v) is 10.9.